The number of likely N-dealkylation sites (tertiary alicyclic amines) is 1. The highest BCUT2D eigenvalue weighted by Crippen LogP contribution is 2.31. The highest BCUT2D eigenvalue weighted by molar-refractivity contribution is 7.10. The minimum absolute atomic E-state index is 0.0155. The lowest BCUT2D eigenvalue weighted by molar-refractivity contribution is 0.0713. The molecule has 8 nitrogen and oxygen atoms in total. The topological polar surface area (TPSA) is 101 Å². The van der Waals surface area contributed by atoms with Crippen molar-refractivity contribution in [1.29, 1.82) is 0 Å². The first kappa shape index (κ1) is 20.8. The summed E-state index contributed by atoms with van der Waals surface area (Å²) in [5.74, 6) is 0.117. The number of fused-ring (bicyclic) bond motifs is 1. The van der Waals surface area contributed by atoms with Gasteiger partial charge in [-0.05, 0) is 59.2 Å². The molecule has 164 valence electrons. The predicted molar refractivity (Wildman–Crippen MR) is 122 cm³/mol. The Morgan fingerprint density at radius 1 is 1.12 bits per heavy atom. The predicted octanol–water partition coefficient (Wildman–Crippen LogP) is 3.73. The largest absolute Gasteiger partial charge is 0.350 e. The van der Waals surface area contributed by atoms with Crippen molar-refractivity contribution in [2.45, 2.75) is 25.2 Å². The summed E-state index contributed by atoms with van der Waals surface area (Å²) >= 11 is 3.22. The van der Waals surface area contributed by atoms with Crippen LogP contribution in [0.25, 0.3) is 11.0 Å². The van der Waals surface area contributed by atoms with Gasteiger partial charge in [-0.15, -0.1) is 22.7 Å². The van der Waals surface area contributed by atoms with Gasteiger partial charge >= 0.3 is 0 Å². The van der Waals surface area contributed by atoms with Crippen LogP contribution in [0.4, 0.5) is 0 Å². The van der Waals surface area contributed by atoms with Gasteiger partial charge in [-0.3, -0.25) is 9.59 Å². The van der Waals surface area contributed by atoms with Crippen molar-refractivity contribution in [1.82, 2.24) is 25.5 Å². The molecule has 0 atom stereocenters. The Kier molecular flexibility index (Phi) is 5.95. The molecule has 4 heterocycles. The van der Waals surface area contributed by atoms with E-state index in [1.54, 1.807) is 29.5 Å². The zero-order chi connectivity index (χ0) is 21.9. The molecule has 0 radical (unpaired) electrons. The Bertz CT molecular complexity index is 1230. The van der Waals surface area contributed by atoms with Crippen LogP contribution in [0, 0.1) is 0 Å². The quantitative estimate of drug-likeness (QED) is 0.464. The van der Waals surface area contributed by atoms with Gasteiger partial charge in [0.05, 0.1) is 5.01 Å². The van der Waals surface area contributed by atoms with Crippen molar-refractivity contribution in [2.24, 2.45) is 0 Å². The Morgan fingerprint density at radius 3 is 2.78 bits per heavy atom. The van der Waals surface area contributed by atoms with Crippen molar-refractivity contribution >= 4 is 45.5 Å². The minimum Gasteiger partial charge on any atom is -0.350 e. The Morgan fingerprint density at radius 2 is 1.97 bits per heavy atom. The third-order valence-electron chi connectivity index (χ3n) is 5.62. The minimum atomic E-state index is -0.130. The number of carbonyl (C=O) groups is 2. The number of thiazole rings is 1. The van der Waals surface area contributed by atoms with E-state index in [2.05, 4.69) is 26.7 Å². The van der Waals surface area contributed by atoms with Crippen LogP contribution in [0.5, 0.6) is 0 Å². The monoisotopic (exact) mass is 467 g/mol. The molecule has 4 aromatic rings. The molecule has 1 aromatic carbocycles. The van der Waals surface area contributed by atoms with Crippen molar-refractivity contribution in [3.05, 3.63) is 62.2 Å². The normalized spacial score (nSPS) is 14.7. The number of aromatic nitrogens is 3. The van der Waals surface area contributed by atoms with E-state index in [9.17, 15) is 9.59 Å². The molecule has 1 fully saturated rings. The third kappa shape index (κ3) is 4.42. The first-order valence-corrected chi connectivity index (χ1v) is 12.2. The molecule has 5 rings (SSSR count). The lowest BCUT2D eigenvalue weighted by Gasteiger charge is -2.31. The van der Waals surface area contributed by atoms with Crippen molar-refractivity contribution < 1.29 is 14.2 Å². The number of nitrogens with zero attached hydrogens (tertiary/aromatic N) is 4. The summed E-state index contributed by atoms with van der Waals surface area (Å²) in [6.07, 6.45) is 2.48. The Labute approximate surface area is 192 Å². The maximum absolute atomic E-state index is 12.9. The van der Waals surface area contributed by atoms with E-state index in [0.29, 0.717) is 41.9 Å². The van der Waals surface area contributed by atoms with E-state index in [1.807, 2.05) is 21.7 Å². The van der Waals surface area contributed by atoms with Crippen LogP contribution in [0.1, 0.15) is 49.5 Å². The van der Waals surface area contributed by atoms with Crippen LogP contribution in [-0.4, -0.2) is 51.6 Å². The number of carbonyl (C=O) groups excluding carboxylic acids is 2. The highest BCUT2D eigenvalue weighted by Gasteiger charge is 2.27. The van der Waals surface area contributed by atoms with Crippen molar-refractivity contribution in [3.63, 3.8) is 0 Å². The van der Waals surface area contributed by atoms with E-state index < -0.39 is 0 Å². The van der Waals surface area contributed by atoms with Gasteiger partial charge in [0.25, 0.3) is 11.8 Å². The summed E-state index contributed by atoms with van der Waals surface area (Å²) < 4.78 is 4.71. The molecular formula is C22H21N5O3S2. The fraction of sp³-hybridized carbons (Fsp3) is 0.318. The van der Waals surface area contributed by atoms with Gasteiger partial charge < -0.3 is 10.2 Å². The van der Waals surface area contributed by atoms with Gasteiger partial charge in [0, 0.05) is 41.4 Å². The number of piperidine rings is 1. The van der Waals surface area contributed by atoms with Crippen LogP contribution >= 0.6 is 22.7 Å². The van der Waals surface area contributed by atoms with Gasteiger partial charge in [0.15, 0.2) is 0 Å². The second-order valence-electron chi connectivity index (χ2n) is 7.69. The van der Waals surface area contributed by atoms with E-state index in [0.717, 1.165) is 24.3 Å². The molecule has 0 spiro atoms. The SMILES string of the molecule is O=C(NCCc1cccs1)c1csc(C2CCN(C(=O)c3ccc4nonc4c3)CC2)n1. The third-order valence-corrected chi connectivity index (χ3v) is 7.57. The van der Waals surface area contributed by atoms with Gasteiger partial charge in [-0.25, -0.2) is 9.61 Å². The fourth-order valence-corrected chi connectivity index (χ4v) is 5.53. The molecule has 3 aromatic heterocycles. The molecule has 1 saturated heterocycles. The number of thiophene rings is 1. The average Bonchev–Trinajstić information content (AvgIpc) is 3.60. The molecule has 0 aliphatic carbocycles. The zero-order valence-electron chi connectivity index (χ0n) is 17.2. The molecule has 2 amide bonds. The average molecular weight is 468 g/mol. The summed E-state index contributed by atoms with van der Waals surface area (Å²) in [7, 11) is 0. The second kappa shape index (κ2) is 9.17. The second-order valence-corrected chi connectivity index (χ2v) is 9.61. The molecule has 0 unspecified atom stereocenters. The molecular weight excluding hydrogens is 446 g/mol. The summed E-state index contributed by atoms with van der Waals surface area (Å²) in [5, 5.41) is 15.4. The van der Waals surface area contributed by atoms with Crippen LogP contribution in [0.2, 0.25) is 0 Å². The first-order chi connectivity index (χ1) is 15.7. The van der Waals surface area contributed by atoms with Crippen molar-refractivity contribution in [2.75, 3.05) is 19.6 Å². The number of benzene rings is 1. The highest BCUT2D eigenvalue weighted by atomic mass is 32.1. The zero-order valence-corrected chi connectivity index (χ0v) is 18.8. The van der Waals surface area contributed by atoms with Crippen LogP contribution in [-0.2, 0) is 6.42 Å². The Balaban J connectivity index is 1.14. The van der Waals surface area contributed by atoms with Gasteiger partial charge in [0.2, 0.25) is 0 Å². The molecule has 1 aliphatic rings. The van der Waals surface area contributed by atoms with E-state index in [1.165, 1.54) is 16.2 Å². The smallest absolute Gasteiger partial charge is 0.270 e. The number of hydrogen-bond acceptors (Lipinski definition) is 8. The van der Waals surface area contributed by atoms with E-state index in [-0.39, 0.29) is 17.7 Å². The maximum Gasteiger partial charge on any atom is 0.270 e. The van der Waals surface area contributed by atoms with Gasteiger partial charge in [-0.1, -0.05) is 6.07 Å². The van der Waals surface area contributed by atoms with Gasteiger partial charge in [0.1, 0.15) is 16.7 Å². The molecule has 1 aliphatic heterocycles. The van der Waals surface area contributed by atoms with Crippen LogP contribution < -0.4 is 5.32 Å². The summed E-state index contributed by atoms with van der Waals surface area (Å²) in [5.41, 5.74) is 2.27. The molecule has 1 N–H and O–H groups in total. The standard InChI is InChI=1S/C22H21N5O3S2/c28-20(23-8-5-16-2-1-11-31-16)19-13-32-21(24-19)14-6-9-27(10-7-14)22(29)15-3-4-17-18(12-15)26-30-25-17/h1-4,11-14H,5-10H2,(H,23,28). The summed E-state index contributed by atoms with van der Waals surface area (Å²) in [6, 6.07) is 9.29. The summed E-state index contributed by atoms with van der Waals surface area (Å²) in [4.78, 5) is 33.0. The van der Waals surface area contributed by atoms with Gasteiger partial charge in [-0.2, -0.15) is 0 Å². The maximum atomic E-state index is 12.9. The lowest BCUT2D eigenvalue weighted by atomic mass is 9.97. The van der Waals surface area contributed by atoms with Crippen molar-refractivity contribution in [3.8, 4) is 0 Å². The fourth-order valence-electron chi connectivity index (χ4n) is 3.85. The molecule has 10 heteroatoms. The lowest BCUT2D eigenvalue weighted by Crippen LogP contribution is -2.37. The molecule has 0 bridgehead atoms. The number of nitrogens with one attached hydrogen (secondary N) is 1. The molecule has 0 saturated carbocycles. The van der Waals surface area contributed by atoms with Crippen LogP contribution in [0.15, 0.2) is 45.7 Å². The first-order valence-electron chi connectivity index (χ1n) is 10.4. The van der Waals surface area contributed by atoms with E-state index >= 15 is 0 Å². The Hall–Kier alpha value is -3.11. The van der Waals surface area contributed by atoms with Crippen LogP contribution in [0.3, 0.4) is 0 Å². The summed E-state index contributed by atoms with van der Waals surface area (Å²) in [6.45, 7) is 1.91. The number of amides is 2. The molecule has 32 heavy (non-hydrogen) atoms. The van der Waals surface area contributed by atoms with E-state index in [4.69, 9.17) is 4.63 Å². The number of rotatable bonds is 6. The number of hydrogen-bond donors (Lipinski definition) is 1.